The Hall–Kier alpha value is -2.43. The number of benzene rings is 1. The monoisotopic (exact) mass is 286 g/mol. The summed E-state index contributed by atoms with van der Waals surface area (Å²) in [5.74, 6) is 1.49. The zero-order chi connectivity index (χ0) is 14.8. The highest BCUT2D eigenvalue weighted by Crippen LogP contribution is 2.33. The summed E-state index contributed by atoms with van der Waals surface area (Å²) in [4.78, 5) is 17.2. The molecule has 0 saturated carbocycles. The van der Waals surface area contributed by atoms with Gasteiger partial charge in [-0.2, -0.15) is 0 Å². The van der Waals surface area contributed by atoms with Crippen molar-refractivity contribution >= 4 is 5.91 Å². The number of nitrogens with zero attached hydrogens (tertiary/aromatic N) is 1. The molecule has 2 aromatic rings. The Labute approximate surface area is 123 Å². The number of ether oxygens (including phenoxy) is 2. The Morgan fingerprint density at radius 3 is 2.52 bits per heavy atom. The fourth-order valence-electron chi connectivity index (χ4n) is 2.70. The van der Waals surface area contributed by atoms with Gasteiger partial charge in [-0.15, -0.1) is 0 Å². The van der Waals surface area contributed by atoms with E-state index in [9.17, 15) is 4.79 Å². The van der Waals surface area contributed by atoms with Crippen LogP contribution in [0.2, 0.25) is 0 Å². The molecule has 1 aliphatic heterocycles. The summed E-state index contributed by atoms with van der Waals surface area (Å²) < 4.78 is 10.7. The SMILES string of the molecule is COc1cc2c(cc1OC)CN(C(=O)c1cc[nH]c1)CC2. The highest BCUT2D eigenvalue weighted by atomic mass is 16.5. The summed E-state index contributed by atoms with van der Waals surface area (Å²) in [5, 5.41) is 0. The van der Waals surface area contributed by atoms with Gasteiger partial charge < -0.3 is 19.4 Å². The van der Waals surface area contributed by atoms with Crippen LogP contribution >= 0.6 is 0 Å². The molecular weight excluding hydrogens is 268 g/mol. The first-order chi connectivity index (χ1) is 10.2. The van der Waals surface area contributed by atoms with Gasteiger partial charge in [0.05, 0.1) is 19.8 Å². The fourth-order valence-corrected chi connectivity index (χ4v) is 2.70. The lowest BCUT2D eigenvalue weighted by molar-refractivity contribution is 0.0734. The molecule has 1 amide bonds. The predicted octanol–water partition coefficient (Wildman–Crippen LogP) is 2.23. The molecule has 0 atom stereocenters. The summed E-state index contributed by atoms with van der Waals surface area (Å²) in [7, 11) is 3.25. The van der Waals surface area contributed by atoms with Crippen LogP contribution < -0.4 is 9.47 Å². The second-order valence-electron chi connectivity index (χ2n) is 5.05. The number of carbonyl (C=O) groups excluding carboxylic acids is 1. The predicted molar refractivity (Wildman–Crippen MR) is 78.8 cm³/mol. The molecule has 0 spiro atoms. The average molecular weight is 286 g/mol. The topological polar surface area (TPSA) is 54.6 Å². The molecule has 0 saturated heterocycles. The molecule has 0 radical (unpaired) electrons. The number of nitrogens with one attached hydrogen (secondary N) is 1. The molecule has 21 heavy (non-hydrogen) atoms. The minimum atomic E-state index is 0.0525. The minimum Gasteiger partial charge on any atom is -0.493 e. The van der Waals surface area contributed by atoms with E-state index in [4.69, 9.17) is 9.47 Å². The van der Waals surface area contributed by atoms with Gasteiger partial charge >= 0.3 is 0 Å². The molecule has 0 bridgehead atoms. The Bertz CT molecular complexity index is 650. The molecule has 110 valence electrons. The zero-order valence-corrected chi connectivity index (χ0v) is 12.2. The lowest BCUT2D eigenvalue weighted by Gasteiger charge is -2.29. The lowest BCUT2D eigenvalue weighted by atomic mass is 9.98. The molecule has 0 unspecified atom stereocenters. The van der Waals surface area contributed by atoms with Gasteiger partial charge in [0, 0.05) is 25.5 Å². The first kappa shape index (κ1) is 13.5. The maximum Gasteiger partial charge on any atom is 0.255 e. The lowest BCUT2D eigenvalue weighted by Crippen LogP contribution is -2.35. The van der Waals surface area contributed by atoms with Gasteiger partial charge in [-0.25, -0.2) is 0 Å². The van der Waals surface area contributed by atoms with Gasteiger partial charge in [0.15, 0.2) is 11.5 Å². The largest absolute Gasteiger partial charge is 0.493 e. The number of amides is 1. The number of fused-ring (bicyclic) bond motifs is 1. The van der Waals surface area contributed by atoms with Gasteiger partial charge in [-0.3, -0.25) is 4.79 Å². The number of H-pyrrole nitrogens is 1. The number of carbonyl (C=O) groups is 1. The molecule has 1 aromatic heterocycles. The molecule has 0 aliphatic carbocycles. The highest BCUT2D eigenvalue weighted by Gasteiger charge is 2.23. The summed E-state index contributed by atoms with van der Waals surface area (Å²) in [6.45, 7) is 1.31. The maximum absolute atomic E-state index is 12.4. The second kappa shape index (κ2) is 5.52. The summed E-state index contributed by atoms with van der Waals surface area (Å²) in [6, 6.07) is 5.77. The van der Waals surface area contributed by atoms with E-state index in [1.165, 1.54) is 5.56 Å². The van der Waals surface area contributed by atoms with Crippen molar-refractivity contribution in [3.63, 3.8) is 0 Å². The van der Waals surface area contributed by atoms with E-state index >= 15 is 0 Å². The molecule has 2 heterocycles. The molecular formula is C16H18N2O3. The van der Waals surface area contributed by atoms with Crippen LogP contribution in [0, 0.1) is 0 Å². The normalized spacial score (nSPS) is 13.7. The smallest absolute Gasteiger partial charge is 0.255 e. The van der Waals surface area contributed by atoms with E-state index in [-0.39, 0.29) is 5.91 Å². The van der Waals surface area contributed by atoms with Gasteiger partial charge in [-0.05, 0) is 35.7 Å². The van der Waals surface area contributed by atoms with Crippen molar-refractivity contribution in [1.82, 2.24) is 9.88 Å². The van der Waals surface area contributed by atoms with Crippen LogP contribution in [0.1, 0.15) is 21.5 Å². The maximum atomic E-state index is 12.4. The summed E-state index contributed by atoms with van der Waals surface area (Å²) >= 11 is 0. The summed E-state index contributed by atoms with van der Waals surface area (Å²) in [5.41, 5.74) is 3.02. The quantitative estimate of drug-likeness (QED) is 0.941. The Balaban J connectivity index is 1.86. The molecule has 3 rings (SSSR count). The van der Waals surface area contributed by atoms with E-state index in [0.717, 1.165) is 17.7 Å². The molecule has 0 fully saturated rings. The number of rotatable bonds is 3. The Morgan fingerprint density at radius 2 is 1.90 bits per heavy atom. The van der Waals surface area contributed by atoms with Crippen molar-refractivity contribution in [2.75, 3.05) is 20.8 Å². The van der Waals surface area contributed by atoms with Crippen LogP contribution in [0.15, 0.2) is 30.6 Å². The van der Waals surface area contributed by atoms with Crippen LogP contribution in [0.5, 0.6) is 11.5 Å². The third-order valence-electron chi connectivity index (χ3n) is 3.85. The van der Waals surface area contributed by atoms with Gasteiger partial charge in [0.1, 0.15) is 0 Å². The van der Waals surface area contributed by atoms with Gasteiger partial charge in [0.2, 0.25) is 0 Å². The van der Waals surface area contributed by atoms with E-state index in [1.54, 1.807) is 32.7 Å². The van der Waals surface area contributed by atoms with Crippen molar-refractivity contribution in [2.24, 2.45) is 0 Å². The average Bonchev–Trinajstić information content (AvgIpc) is 3.06. The van der Waals surface area contributed by atoms with Gasteiger partial charge in [0.25, 0.3) is 5.91 Å². The fraction of sp³-hybridized carbons (Fsp3) is 0.312. The number of aromatic amines is 1. The standard InChI is InChI=1S/C16H18N2O3/c1-20-14-7-11-4-6-18(10-13(11)8-15(14)21-2)16(19)12-3-5-17-9-12/h3,5,7-9,17H,4,6,10H2,1-2H3. The van der Waals surface area contributed by atoms with Crippen molar-refractivity contribution in [3.8, 4) is 11.5 Å². The van der Waals surface area contributed by atoms with Crippen LogP contribution in [-0.4, -0.2) is 36.6 Å². The van der Waals surface area contributed by atoms with E-state index in [0.29, 0.717) is 24.4 Å². The highest BCUT2D eigenvalue weighted by molar-refractivity contribution is 5.94. The number of methoxy groups -OCH3 is 2. The number of hydrogen-bond acceptors (Lipinski definition) is 3. The van der Waals surface area contributed by atoms with Gasteiger partial charge in [-0.1, -0.05) is 0 Å². The molecule has 1 aliphatic rings. The van der Waals surface area contributed by atoms with Crippen molar-refractivity contribution in [2.45, 2.75) is 13.0 Å². The molecule has 1 aromatic carbocycles. The van der Waals surface area contributed by atoms with Crippen molar-refractivity contribution in [1.29, 1.82) is 0 Å². The summed E-state index contributed by atoms with van der Waals surface area (Å²) in [6.07, 6.45) is 4.32. The third-order valence-corrected chi connectivity index (χ3v) is 3.85. The Morgan fingerprint density at radius 1 is 1.19 bits per heavy atom. The van der Waals surface area contributed by atoms with E-state index in [2.05, 4.69) is 4.98 Å². The van der Waals surface area contributed by atoms with Crippen molar-refractivity contribution < 1.29 is 14.3 Å². The number of aromatic nitrogens is 1. The zero-order valence-electron chi connectivity index (χ0n) is 12.2. The third kappa shape index (κ3) is 2.46. The minimum absolute atomic E-state index is 0.0525. The van der Waals surface area contributed by atoms with E-state index < -0.39 is 0 Å². The van der Waals surface area contributed by atoms with Crippen LogP contribution in [0.25, 0.3) is 0 Å². The number of hydrogen-bond donors (Lipinski definition) is 1. The first-order valence-electron chi connectivity index (χ1n) is 6.88. The molecule has 5 heteroatoms. The second-order valence-corrected chi connectivity index (χ2v) is 5.05. The van der Waals surface area contributed by atoms with E-state index in [1.807, 2.05) is 17.0 Å². The Kier molecular flexibility index (Phi) is 3.56. The molecule has 1 N–H and O–H groups in total. The van der Waals surface area contributed by atoms with Crippen molar-refractivity contribution in [3.05, 3.63) is 47.3 Å². The first-order valence-corrected chi connectivity index (χ1v) is 6.88. The van der Waals surface area contributed by atoms with Crippen LogP contribution in [0.3, 0.4) is 0 Å². The molecule has 5 nitrogen and oxygen atoms in total. The van der Waals surface area contributed by atoms with Crippen LogP contribution in [-0.2, 0) is 13.0 Å². The van der Waals surface area contributed by atoms with Crippen LogP contribution in [0.4, 0.5) is 0 Å².